The van der Waals surface area contributed by atoms with E-state index in [9.17, 15) is 41.5 Å². The molecule has 9 nitrogen and oxygen atoms in total. The minimum Gasteiger partial charge on any atom is -0.442 e. The number of nitrogens with zero attached hydrogens (tertiary/aromatic N) is 3. The molecule has 0 bridgehead atoms. The Morgan fingerprint density at radius 2 is 1.02 bits per heavy atom. The van der Waals surface area contributed by atoms with E-state index in [0.717, 1.165) is 33.0 Å². The van der Waals surface area contributed by atoms with E-state index in [1.165, 1.54) is 12.2 Å². The Labute approximate surface area is 301 Å². The fourth-order valence-corrected chi connectivity index (χ4v) is 8.72. The number of rotatable bonds is 4. The van der Waals surface area contributed by atoms with Gasteiger partial charge in [0.05, 0.1) is 20.5 Å². The van der Waals surface area contributed by atoms with Crippen molar-refractivity contribution in [2.24, 2.45) is 0 Å². The Morgan fingerprint density at radius 1 is 0.623 bits per heavy atom. The highest BCUT2D eigenvalue weighted by Crippen LogP contribution is 2.44. The molecule has 0 radical (unpaired) electrons. The Balaban J connectivity index is 1.18. The van der Waals surface area contributed by atoms with E-state index in [-0.39, 0.29) is 51.0 Å². The van der Waals surface area contributed by atoms with Crippen LogP contribution in [0.4, 0.5) is 22.4 Å². The number of fused-ring (bicyclic) bond motifs is 8. The third-order valence-electron chi connectivity index (χ3n) is 8.85. The van der Waals surface area contributed by atoms with Gasteiger partial charge in [-0.3, -0.25) is 19.2 Å². The number of carbonyl (C=O) groups is 5. The van der Waals surface area contributed by atoms with Crippen molar-refractivity contribution in [3.63, 3.8) is 0 Å². The van der Waals surface area contributed by atoms with Gasteiger partial charge in [-0.15, -0.1) is 32.9 Å². The Morgan fingerprint density at radius 3 is 1.42 bits per heavy atom. The van der Waals surface area contributed by atoms with E-state index in [1.54, 1.807) is 36.4 Å². The minimum absolute atomic E-state index is 0.0643. The van der Waals surface area contributed by atoms with Gasteiger partial charge in [0.25, 0.3) is 0 Å². The van der Waals surface area contributed by atoms with Crippen molar-refractivity contribution in [1.82, 2.24) is 15.0 Å². The van der Waals surface area contributed by atoms with Gasteiger partial charge < -0.3 is 4.74 Å². The molecule has 258 valence electrons. The van der Waals surface area contributed by atoms with E-state index in [4.69, 9.17) is 4.74 Å². The first-order valence-corrected chi connectivity index (χ1v) is 17.2. The Hall–Kier alpha value is -6.45. The summed E-state index contributed by atoms with van der Waals surface area (Å²) in [5, 5.41) is 9.77. The van der Waals surface area contributed by atoms with E-state index in [1.807, 2.05) is 6.07 Å². The van der Waals surface area contributed by atoms with Crippen molar-refractivity contribution in [2.75, 3.05) is 0 Å². The molecule has 4 aromatic carbocycles. The first kappa shape index (κ1) is 32.5. The smallest absolute Gasteiger partial charge is 0.442 e. The largest absolute Gasteiger partial charge is 0.452 e. The molecule has 2 aliphatic carbocycles. The van der Waals surface area contributed by atoms with Crippen LogP contribution in [-0.2, 0) is 11.3 Å². The Bertz CT molecular complexity index is 2690. The topological polar surface area (TPSA) is 125 Å². The zero-order valence-electron chi connectivity index (χ0n) is 26.3. The minimum atomic E-state index is -1.27. The highest BCUT2D eigenvalue weighted by atomic mass is 32.1. The standard InChI is InChI=1S/C38H15F4N3O6S2/c39-26-10-18-19(11-27(26)40)33(47)24(32(18)46)8-16-6-22-30-31(44-45(43-30)38(50)51-14-15-4-2-1-3-5-15)23-7-17(53-37(23)36(22)52-16)9-25-34(48)20-12-28(41)29(42)13-21(20)35(25)49/h1-13H,14H2. The summed E-state index contributed by atoms with van der Waals surface area (Å²) in [6.07, 6.45) is 1.73. The fourth-order valence-electron chi connectivity index (χ4n) is 6.36. The molecule has 9 rings (SSSR count). The van der Waals surface area contributed by atoms with Crippen molar-refractivity contribution < 1.29 is 46.3 Å². The second-order valence-corrected chi connectivity index (χ2v) is 14.2. The molecule has 0 atom stereocenters. The zero-order chi connectivity index (χ0) is 36.9. The molecule has 3 heterocycles. The molecule has 2 aliphatic rings. The molecule has 0 spiro atoms. The highest BCUT2D eigenvalue weighted by molar-refractivity contribution is 7.28. The lowest BCUT2D eigenvalue weighted by atomic mass is 10.1. The molecular formula is C38H15F4N3O6S2. The van der Waals surface area contributed by atoms with Crippen LogP contribution in [0.15, 0.2) is 77.9 Å². The number of ether oxygens (including phenoxy) is 1. The molecular weight excluding hydrogens is 735 g/mol. The van der Waals surface area contributed by atoms with Crippen LogP contribution in [0.2, 0.25) is 0 Å². The van der Waals surface area contributed by atoms with Crippen LogP contribution in [0.25, 0.3) is 43.4 Å². The second kappa shape index (κ2) is 11.8. The third kappa shape index (κ3) is 5.07. The SMILES string of the molecule is O=C1C(=Cc2cc3c4nn(C(=O)OCc5ccccc5)nc4c4cc(C=C5C(=O)c6cc(F)c(F)cc6C5=O)sc4c3s2)C(=O)c2cc(F)c(F)cc21. The van der Waals surface area contributed by atoms with Crippen molar-refractivity contribution in [3.05, 3.63) is 139 Å². The summed E-state index contributed by atoms with van der Waals surface area (Å²) in [6.45, 7) is -0.0643. The van der Waals surface area contributed by atoms with Crippen LogP contribution in [0.1, 0.15) is 56.7 Å². The molecule has 0 amide bonds. The van der Waals surface area contributed by atoms with Gasteiger partial charge in [0.1, 0.15) is 17.6 Å². The molecule has 0 saturated heterocycles. The lowest BCUT2D eigenvalue weighted by Crippen LogP contribution is -2.16. The molecule has 7 aromatic rings. The zero-order valence-corrected chi connectivity index (χ0v) is 28.0. The highest BCUT2D eigenvalue weighted by Gasteiger charge is 2.36. The third-order valence-corrected chi connectivity index (χ3v) is 11.2. The van der Waals surface area contributed by atoms with Gasteiger partial charge in [-0.1, -0.05) is 35.1 Å². The van der Waals surface area contributed by atoms with Crippen LogP contribution in [0.3, 0.4) is 0 Å². The second-order valence-electron chi connectivity index (χ2n) is 12.1. The molecule has 0 N–H and O–H groups in total. The lowest BCUT2D eigenvalue weighted by molar-refractivity contribution is 0.0975. The molecule has 0 aliphatic heterocycles. The van der Waals surface area contributed by atoms with Crippen molar-refractivity contribution in [3.8, 4) is 0 Å². The maximum absolute atomic E-state index is 14.0. The van der Waals surface area contributed by atoms with Gasteiger partial charge in [-0.05, 0) is 54.1 Å². The van der Waals surface area contributed by atoms with E-state index in [2.05, 4.69) is 10.2 Å². The van der Waals surface area contributed by atoms with E-state index < -0.39 is 52.5 Å². The predicted octanol–water partition coefficient (Wildman–Crippen LogP) is 8.53. The first-order valence-electron chi connectivity index (χ1n) is 15.5. The lowest BCUT2D eigenvalue weighted by Gasteiger charge is -2.02. The summed E-state index contributed by atoms with van der Waals surface area (Å²) in [5.41, 5.74) is -0.454. The maximum atomic E-state index is 14.0. The van der Waals surface area contributed by atoms with E-state index in [0.29, 0.717) is 54.2 Å². The number of allylic oxidation sites excluding steroid dienone is 2. The number of hydrogen-bond acceptors (Lipinski definition) is 10. The van der Waals surface area contributed by atoms with Gasteiger partial charge in [0.15, 0.2) is 46.4 Å². The number of Topliss-reactive ketones (excluding diaryl/α,β-unsaturated/α-hetero) is 4. The number of benzene rings is 4. The van der Waals surface area contributed by atoms with E-state index >= 15 is 0 Å². The molecule has 3 aromatic heterocycles. The summed E-state index contributed by atoms with van der Waals surface area (Å²) >= 11 is 2.29. The fraction of sp³-hybridized carbons (Fsp3) is 0.0263. The molecule has 15 heteroatoms. The summed E-state index contributed by atoms with van der Waals surface area (Å²) in [5.74, 6) is -8.18. The number of carbonyl (C=O) groups excluding carboxylic acids is 5. The average Bonchev–Trinajstić information content (AvgIpc) is 3.95. The Kier molecular flexibility index (Phi) is 7.22. The average molecular weight is 750 g/mol. The molecule has 0 fully saturated rings. The van der Waals surface area contributed by atoms with Gasteiger partial charge in [0, 0.05) is 42.8 Å². The monoisotopic (exact) mass is 749 g/mol. The van der Waals surface area contributed by atoms with Gasteiger partial charge in [-0.2, -0.15) is 0 Å². The quantitative estimate of drug-likeness (QED) is 0.0997. The number of halogens is 4. The van der Waals surface area contributed by atoms with Crippen LogP contribution in [0, 0.1) is 23.3 Å². The summed E-state index contributed by atoms with van der Waals surface area (Å²) in [4.78, 5) is 67.3. The van der Waals surface area contributed by atoms with Crippen molar-refractivity contribution in [2.45, 2.75) is 6.61 Å². The maximum Gasteiger partial charge on any atom is 0.452 e. The summed E-state index contributed by atoms with van der Waals surface area (Å²) in [6, 6.07) is 14.9. The molecule has 53 heavy (non-hydrogen) atoms. The molecule has 0 saturated carbocycles. The normalized spacial score (nSPS) is 13.9. The first-order chi connectivity index (χ1) is 25.5. The van der Waals surface area contributed by atoms with Gasteiger partial charge in [0.2, 0.25) is 0 Å². The number of hydrogen-bond donors (Lipinski definition) is 0. The van der Waals surface area contributed by atoms with Gasteiger partial charge >= 0.3 is 6.09 Å². The van der Waals surface area contributed by atoms with Crippen LogP contribution in [-0.4, -0.2) is 44.2 Å². The van der Waals surface area contributed by atoms with Crippen LogP contribution in [0.5, 0.6) is 0 Å². The number of aromatic nitrogens is 3. The van der Waals surface area contributed by atoms with Gasteiger partial charge in [-0.25, -0.2) is 22.4 Å². The molecule has 0 unspecified atom stereocenters. The summed E-state index contributed by atoms with van der Waals surface area (Å²) in [7, 11) is 0. The number of thiophene rings is 2. The van der Waals surface area contributed by atoms with Crippen LogP contribution >= 0.6 is 22.7 Å². The number of ketones is 4. The summed E-state index contributed by atoms with van der Waals surface area (Å²) < 4.78 is 62.4. The van der Waals surface area contributed by atoms with Crippen molar-refractivity contribution >= 4 is 95.3 Å². The van der Waals surface area contributed by atoms with Crippen LogP contribution < -0.4 is 0 Å². The predicted molar refractivity (Wildman–Crippen MR) is 186 cm³/mol. The van der Waals surface area contributed by atoms with Crippen molar-refractivity contribution in [1.29, 1.82) is 0 Å².